The van der Waals surface area contributed by atoms with Crippen molar-refractivity contribution in [3.8, 4) is 0 Å². The molecule has 0 aliphatic carbocycles. The lowest BCUT2D eigenvalue weighted by molar-refractivity contribution is -0.161. The quantitative estimate of drug-likeness (QED) is 0.117. The molecule has 4 nitrogen and oxygen atoms in total. The molecule has 0 radical (unpaired) electrons. The van der Waals surface area contributed by atoms with Crippen LogP contribution < -0.4 is 0 Å². The van der Waals surface area contributed by atoms with E-state index in [0.717, 1.165) is 61.6 Å². The normalized spacial score (nSPS) is 13.4. The van der Waals surface area contributed by atoms with Gasteiger partial charge >= 0.3 is 18.1 Å². The van der Waals surface area contributed by atoms with E-state index in [1.165, 1.54) is 16.0 Å². The lowest BCUT2D eigenvalue weighted by atomic mass is 10.1. The van der Waals surface area contributed by atoms with E-state index in [9.17, 15) is 22.8 Å². The molecule has 0 N–H and O–H groups in total. The van der Waals surface area contributed by atoms with E-state index in [0.29, 0.717) is 19.3 Å². The molecule has 49 heavy (non-hydrogen) atoms. The summed E-state index contributed by atoms with van der Waals surface area (Å²) in [5, 5.41) is 2.27. The minimum Gasteiger partial charge on any atom is -0.456 e. The Morgan fingerprint density at radius 2 is 1.08 bits per heavy atom. The van der Waals surface area contributed by atoms with Gasteiger partial charge in [-0.2, -0.15) is 13.2 Å². The zero-order chi connectivity index (χ0) is 34.1. The van der Waals surface area contributed by atoms with Crippen LogP contribution in [0.1, 0.15) is 65.7 Å². The molecule has 252 valence electrons. The molecule has 4 heterocycles. The second kappa shape index (κ2) is 14.2. The standard InChI is InChI=1S/C38H31F3O4S4/c1-2-9-34(42)44-26(16-22-10-5-3-6-11-22)30-20-32-36(48-30)24-18-29-25(19-28(24)46-32)37-33(47-29)21-31(49-37)27(17-23-12-7-4-8-13-23)45-35(43)14-15-38(39,40)41/h3-8,10-13,18-21,26-27H,2,9,14-17H2,1H3. The highest BCUT2D eigenvalue weighted by molar-refractivity contribution is 7.34. The van der Waals surface area contributed by atoms with Gasteiger partial charge in [0, 0.05) is 58.6 Å². The van der Waals surface area contributed by atoms with E-state index < -0.39 is 31.1 Å². The van der Waals surface area contributed by atoms with Crippen LogP contribution in [0.15, 0.2) is 84.9 Å². The van der Waals surface area contributed by atoms with E-state index in [4.69, 9.17) is 9.47 Å². The second-order valence-electron chi connectivity index (χ2n) is 11.9. The molecule has 2 unspecified atom stereocenters. The van der Waals surface area contributed by atoms with Crippen LogP contribution in [0.5, 0.6) is 0 Å². The molecule has 0 aliphatic rings. The molecule has 0 saturated carbocycles. The second-order valence-corrected chi connectivity index (χ2v) is 16.3. The van der Waals surface area contributed by atoms with E-state index in [1.807, 2.05) is 61.5 Å². The van der Waals surface area contributed by atoms with Crippen molar-refractivity contribution in [1.29, 1.82) is 0 Å². The molecule has 0 bridgehead atoms. The summed E-state index contributed by atoms with van der Waals surface area (Å²) < 4.78 is 56.9. The predicted octanol–water partition coefficient (Wildman–Crippen LogP) is 12.3. The molecule has 0 fully saturated rings. The van der Waals surface area contributed by atoms with Crippen molar-refractivity contribution in [2.75, 3.05) is 0 Å². The lowest BCUT2D eigenvalue weighted by Gasteiger charge is -2.17. The van der Waals surface area contributed by atoms with Gasteiger partial charge in [-0.15, -0.1) is 45.3 Å². The third-order valence-corrected chi connectivity index (χ3v) is 13.2. The minimum absolute atomic E-state index is 0.188. The number of halogens is 3. The number of esters is 2. The number of carbonyl (C=O) groups excluding carboxylic acids is 2. The Balaban J connectivity index is 1.20. The van der Waals surface area contributed by atoms with E-state index in [1.54, 1.807) is 34.0 Å². The molecule has 3 aromatic carbocycles. The first-order chi connectivity index (χ1) is 23.6. The fourth-order valence-corrected chi connectivity index (χ4v) is 11.0. The van der Waals surface area contributed by atoms with Crippen molar-refractivity contribution in [2.45, 2.75) is 63.8 Å². The summed E-state index contributed by atoms with van der Waals surface area (Å²) in [5.41, 5.74) is 2.05. The molecule has 4 aromatic heterocycles. The van der Waals surface area contributed by atoms with Crippen molar-refractivity contribution in [3.05, 3.63) is 106 Å². The third kappa shape index (κ3) is 7.70. The maximum absolute atomic E-state index is 12.8. The summed E-state index contributed by atoms with van der Waals surface area (Å²) in [6.45, 7) is 1.97. The van der Waals surface area contributed by atoms with Crippen LogP contribution in [0.25, 0.3) is 39.0 Å². The van der Waals surface area contributed by atoms with Gasteiger partial charge in [-0.3, -0.25) is 9.59 Å². The number of thiophene rings is 4. The minimum atomic E-state index is -4.42. The molecule has 7 rings (SSSR count). The van der Waals surface area contributed by atoms with E-state index >= 15 is 0 Å². The molecule has 7 aromatic rings. The smallest absolute Gasteiger partial charge is 0.389 e. The van der Waals surface area contributed by atoms with E-state index in [-0.39, 0.29) is 12.1 Å². The van der Waals surface area contributed by atoms with Gasteiger partial charge in [0.1, 0.15) is 12.2 Å². The van der Waals surface area contributed by atoms with Crippen molar-refractivity contribution in [1.82, 2.24) is 0 Å². The number of rotatable bonds is 12. The number of carbonyl (C=O) groups is 2. The summed E-state index contributed by atoms with van der Waals surface area (Å²) in [4.78, 5) is 27.0. The van der Waals surface area contributed by atoms with Gasteiger partial charge < -0.3 is 9.47 Å². The van der Waals surface area contributed by atoms with Crippen LogP contribution in [0, 0.1) is 0 Å². The van der Waals surface area contributed by atoms with Gasteiger partial charge in [0.05, 0.1) is 22.2 Å². The van der Waals surface area contributed by atoms with E-state index in [2.05, 4.69) is 30.3 Å². The number of hydrogen-bond donors (Lipinski definition) is 0. The topological polar surface area (TPSA) is 52.6 Å². The largest absolute Gasteiger partial charge is 0.456 e. The monoisotopic (exact) mass is 736 g/mol. The highest BCUT2D eigenvalue weighted by Gasteiger charge is 2.30. The molecular formula is C38H31F3O4S4. The third-order valence-electron chi connectivity index (χ3n) is 8.22. The summed E-state index contributed by atoms with van der Waals surface area (Å²) >= 11 is 6.57. The molecule has 0 spiro atoms. The maximum Gasteiger partial charge on any atom is 0.389 e. The zero-order valence-corrected chi connectivity index (χ0v) is 29.6. The molecule has 0 aliphatic heterocycles. The summed E-state index contributed by atoms with van der Waals surface area (Å²) in [6.07, 6.45) is -5.28. The van der Waals surface area contributed by atoms with Crippen LogP contribution >= 0.6 is 45.3 Å². The highest BCUT2D eigenvalue weighted by Crippen LogP contribution is 2.48. The average molecular weight is 737 g/mol. The number of benzene rings is 3. The first kappa shape index (κ1) is 33.7. The number of fused-ring (bicyclic) bond motifs is 6. The van der Waals surface area contributed by atoms with Crippen LogP contribution in [0.4, 0.5) is 13.2 Å². The first-order valence-corrected chi connectivity index (χ1v) is 19.3. The number of hydrogen-bond acceptors (Lipinski definition) is 8. The van der Waals surface area contributed by atoms with Crippen LogP contribution in [-0.4, -0.2) is 18.1 Å². The van der Waals surface area contributed by atoms with Gasteiger partial charge in [0.15, 0.2) is 0 Å². The zero-order valence-electron chi connectivity index (χ0n) is 26.4. The Bertz CT molecular complexity index is 2250. The summed E-state index contributed by atoms with van der Waals surface area (Å²) in [6, 6.07) is 28.2. The molecular weight excluding hydrogens is 706 g/mol. The first-order valence-electron chi connectivity index (χ1n) is 16.0. The maximum atomic E-state index is 12.8. The van der Waals surface area contributed by atoms with Crippen molar-refractivity contribution < 1.29 is 32.2 Å². The molecule has 2 atom stereocenters. The highest BCUT2D eigenvalue weighted by atomic mass is 32.1. The summed E-state index contributed by atoms with van der Waals surface area (Å²) in [7, 11) is 0. The molecule has 0 saturated heterocycles. The predicted molar refractivity (Wildman–Crippen MR) is 196 cm³/mol. The molecule has 11 heteroatoms. The van der Waals surface area contributed by atoms with Gasteiger partial charge in [0.2, 0.25) is 0 Å². The van der Waals surface area contributed by atoms with Crippen LogP contribution in [-0.2, 0) is 31.9 Å². The fraction of sp³-hybridized carbons (Fsp3) is 0.263. The van der Waals surface area contributed by atoms with Gasteiger partial charge in [0.25, 0.3) is 0 Å². The SMILES string of the molecule is CCCC(=O)OC(Cc1ccccc1)c1cc2sc3cc4c(cc3c2s1)sc1cc(C(Cc2ccccc2)OC(=O)CCC(F)(F)F)sc14. The van der Waals surface area contributed by atoms with Gasteiger partial charge in [-0.05, 0) is 41.8 Å². The van der Waals surface area contributed by atoms with Gasteiger partial charge in [-0.1, -0.05) is 67.6 Å². The Morgan fingerprint density at radius 1 is 0.633 bits per heavy atom. The van der Waals surface area contributed by atoms with Gasteiger partial charge in [-0.25, -0.2) is 0 Å². The molecule has 0 amide bonds. The Labute approximate surface area is 296 Å². The van der Waals surface area contributed by atoms with Crippen molar-refractivity contribution in [2.24, 2.45) is 0 Å². The Morgan fingerprint density at radius 3 is 1.51 bits per heavy atom. The summed E-state index contributed by atoms with van der Waals surface area (Å²) in [5.74, 6) is -1.04. The Kier molecular flexibility index (Phi) is 9.79. The number of ether oxygens (including phenoxy) is 2. The van der Waals surface area contributed by atoms with Crippen LogP contribution in [0.2, 0.25) is 0 Å². The van der Waals surface area contributed by atoms with Crippen molar-refractivity contribution >= 4 is 96.3 Å². The van der Waals surface area contributed by atoms with Crippen LogP contribution in [0.3, 0.4) is 0 Å². The fourth-order valence-electron chi connectivity index (χ4n) is 5.89. The number of alkyl halides is 3. The van der Waals surface area contributed by atoms with Crippen molar-refractivity contribution in [3.63, 3.8) is 0 Å². The Hall–Kier alpha value is -3.77. The lowest BCUT2D eigenvalue weighted by Crippen LogP contribution is -2.16. The average Bonchev–Trinajstić information content (AvgIpc) is 3.83.